The van der Waals surface area contributed by atoms with Crippen LogP contribution in [0.3, 0.4) is 0 Å². The lowest BCUT2D eigenvalue weighted by molar-refractivity contribution is 0.166. The van der Waals surface area contributed by atoms with Crippen LogP contribution in [0.1, 0.15) is 13.3 Å². The van der Waals surface area contributed by atoms with Crippen molar-refractivity contribution in [2.24, 2.45) is 5.92 Å². The molecule has 0 saturated carbocycles. The average Bonchev–Trinajstić information content (AvgIpc) is 3.07. The number of piperazine rings is 1. The van der Waals surface area contributed by atoms with Crippen LogP contribution in [0.15, 0.2) is 23.1 Å². The highest BCUT2D eigenvalue weighted by Crippen LogP contribution is 2.31. The predicted molar refractivity (Wildman–Crippen MR) is 99.3 cm³/mol. The summed E-state index contributed by atoms with van der Waals surface area (Å²) in [6.45, 7) is 5.32. The first kappa shape index (κ1) is 20.7. The zero-order valence-electron chi connectivity index (χ0n) is 14.1. The molecular formula is C16H24Cl2N2O4S. The van der Waals surface area contributed by atoms with Gasteiger partial charge in [-0.2, -0.15) is 4.31 Å². The van der Waals surface area contributed by atoms with E-state index in [-0.39, 0.29) is 23.3 Å². The van der Waals surface area contributed by atoms with Crippen molar-refractivity contribution in [3.05, 3.63) is 23.2 Å². The molecule has 2 heterocycles. The molecule has 142 valence electrons. The molecule has 2 unspecified atom stereocenters. The number of nitrogens with one attached hydrogen (secondary N) is 1. The third-order valence-electron chi connectivity index (χ3n) is 4.35. The summed E-state index contributed by atoms with van der Waals surface area (Å²) in [5, 5.41) is 3.63. The maximum atomic E-state index is 13.0. The lowest BCUT2D eigenvalue weighted by Crippen LogP contribution is -2.51. The highest BCUT2D eigenvalue weighted by molar-refractivity contribution is 7.89. The Morgan fingerprint density at radius 2 is 2.24 bits per heavy atom. The van der Waals surface area contributed by atoms with Crippen molar-refractivity contribution in [1.82, 2.24) is 9.62 Å². The van der Waals surface area contributed by atoms with Gasteiger partial charge in [0.05, 0.1) is 13.2 Å². The van der Waals surface area contributed by atoms with E-state index in [1.165, 1.54) is 10.4 Å². The van der Waals surface area contributed by atoms with Gasteiger partial charge in [-0.3, -0.25) is 0 Å². The summed E-state index contributed by atoms with van der Waals surface area (Å²) >= 11 is 6.05. The third-order valence-corrected chi connectivity index (χ3v) is 6.48. The number of benzene rings is 1. The number of ether oxygens (including phenoxy) is 2. The molecule has 0 bridgehead atoms. The number of halogens is 2. The standard InChI is InChI=1S/C16H23ClN2O4S.ClH/c1-12-9-19(6-5-18-12)24(20,21)16-8-14(17)2-3-15(16)23-11-13-4-7-22-10-13;/h2-3,8,12-13,18H,4-7,9-11H2,1H3;1H. The van der Waals surface area contributed by atoms with Gasteiger partial charge in [-0.1, -0.05) is 11.6 Å². The van der Waals surface area contributed by atoms with Crippen molar-refractivity contribution in [2.45, 2.75) is 24.3 Å². The van der Waals surface area contributed by atoms with Gasteiger partial charge in [0.2, 0.25) is 10.0 Å². The van der Waals surface area contributed by atoms with Crippen molar-refractivity contribution in [1.29, 1.82) is 0 Å². The molecule has 1 aromatic carbocycles. The van der Waals surface area contributed by atoms with E-state index in [2.05, 4.69) is 5.32 Å². The summed E-state index contributed by atoms with van der Waals surface area (Å²) in [7, 11) is -3.64. The Bertz CT molecular complexity index is 681. The topological polar surface area (TPSA) is 67.9 Å². The van der Waals surface area contributed by atoms with E-state index in [1.807, 2.05) is 6.92 Å². The van der Waals surface area contributed by atoms with E-state index >= 15 is 0 Å². The van der Waals surface area contributed by atoms with Crippen molar-refractivity contribution in [3.63, 3.8) is 0 Å². The summed E-state index contributed by atoms with van der Waals surface area (Å²) in [4.78, 5) is 0.142. The highest BCUT2D eigenvalue weighted by Gasteiger charge is 2.31. The molecule has 0 amide bonds. The Balaban J connectivity index is 0.00000225. The summed E-state index contributed by atoms with van der Waals surface area (Å²) in [5.41, 5.74) is 0. The molecule has 2 fully saturated rings. The van der Waals surface area contributed by atoms with Crippen LogP contribution in [0.25, 0.3) is 0 Å². The Morgan fingerprint density at radius 1 is 1.44 bits per heavy atom. The second-order valence-electron chi connectivity index (χ2n) is 6.35. The molecule has 3 rings (SSSR count). The zero-order valence-corrected chi connectivity index (χ0v) is 16.5. The van der Waals surface area contributed by atoms with Crippen LogP contribution in [-0.2, 0) is 14.8 Å². The minimum Gasteiger partial charge on any atom is -0.492 e. The highest BCUT2D eigenvalue weighted by atomic mass is 35.5. The van der Waals surface area contributed by atoms with Gasteiger partial charge in [-0.25, -0.2) is 8.42 Å². The molecular weight excluding hydrogens is 387 g/mol. The number of nitrogens with zero attached hydrogens (tertiary/aromatic N) is 1. The van der Waals surface area contributed by atoms with Crippen molar-refractivity contribution in [2.75, 3.05) is 39.5 Å². The first-order valence-electron chi connectivity index (χ1n) is 8.20. The van der Waals surface area contributed by atoms with Gasteiger partial charge < -0.3 is 14.8 Å². The van der Waals surface area contributed by atoms with Crippen molar-refractivity contribution >= 4 is 34.0 Å². The summed E-state index contributed by atoms with van der Waals surface area (Å²) in [6, 6.07) is 4.88. The second-order valence-corrected chi connectivity index (χ2v) is 8.69. The minimum absolute atomic E-state index is 0. The maximum absolute atomic E-state index is 13.0. The van der Waals surface area contributed by atoms with Gasteiger partial charge in [-0.05, 0) is 31.5 Å². The molecule has 1 aromatic rings. The van der Waals surface area contributed by atoms with E-state index < -0.39 is 10.0 Å². The quantitative estimate of drug-likeness (QED) is 0.805. The van der Waals surface area contributed by atoms with Gasteiger partial charge in [0.1, 0.15) is 10.6 Å². The van der Waals surface area contributed by atoms with Crippen molar-refractivity contribution in [3.8, 4) is 5.75 Å². The fourth-order valence-corrected chi connectivity index (χ4v) is 4.90. The Morgan fingerprint density at radius 3 is 2.92 bits per heavy atom. The van der Waals surface area contributed by atoms with E-state index in [0.29, 0.717) is 49.5 Å². The number of sulfonamides is 1. The summed E-state index contributed by atoms with van der Waals surface area (Å²) in [5.74, 6) is 0.660. The fraction of sp³-hybridized carbons (Fsp3) is 0.625. The van der Waals surface area contributed by atoms with E-state index in [4.69, 9.17) is 21.1 Å². The molecule has 2 aliphatic rings. The molecule has 1 N–H and O–H groups in total. The largest absolute Gasteiger partial charge is 0.492 e. The molecule has 6 nitrogen and oxygen atoms in total. The SMILES string of the molecule is CC1CN(S(=O)(=O)c2cc(Cl)ccc2OCC2CCOC2)CCN1.Cl. The predicted octanol–water partition coefficient (Wildman–Crippen LogP) is 2.16. The molecule has 2 atom stereocenters. The number of hydrogen-bond donors (Lipinski definition) is 1. The van der Waals surface area contributed by atoms with Crippen LogP contribution < -0.4 is 10.1 Å². The second kappa shape index (κ2) is 8.88. The molecule has 0 radical (unpaired) electrons. The van der Waals surface area contributed by atoms with Gasteiger partial charge in [0.15, 0.2) is 0 Å². The monoisotopic (exact) mass is 410 g/mol. The molecule has 0 aromatic heterocycles. The Kier molecular flexibility index (Phi) is 7.37. The average molecular weight is 411 g/mol. The molecule has 2 aliphatic heterocycles. The molecule has 0 spiro atoms. The minimum atomic E-state index is -3.64. The van der Waals surface area contributed by atoms with Gasteiger partial charge in [0, 0.05) is 43.2 Å². The van der Waals surface area contributed by atoms with Crippen LogP contribution in [-0.4, -0.2) is 58.2 Å². The first-order chi connectivity index (χ1) is 11.5. The molecule has 2 saturated heterocycles. The Labute approximate surface area is 160 Å². The van der Waals surface area contributed by atoms with Gasteiger partial charge in [-0.15, -0.1) is 12.4 Å². The Hall–Kier alpha value is -0.570. The molecule has 0 aliphatic carbocycles. The van der Waals surface area contributed by atoms with E-state index in [0.717, 1.165) is 13.0 Å². The number of rotatable bonds is 5. The summed E-state index contributed by atoms with van der Waals surface area (Å²) < 4.78 is 38.7. The maximum Gasteiger partial charge on any atom is 0.246 e. The zero-order chi connectivity index (χ0) is 17.2. The lowest BCUT2D eigenvalue weighted by atomic mass is 10.1. The van der Waals surface area contributed by atoms with Crippen molar-refractivity contribution < 1.29 is 17.9 Å². The third kappa shape index (κ3) is 4.99. The normalized spacial score (nSPS) is 24.7. The smallest absolute Gasteiger partial charge is 0.246 e. The fourth-order valence-electron chi connectivity index (χ4n) is 2.98. The van der Waals surface area contributed by atoms with Crippen LogP contribution in [0.4, 0.5) is 0 Å². The van der Waals surface area contributed by atoms with Gasteiger partial charge in [0.25, 0.3) is 0 Å². The van der Waals surface area contributed by atoms with E-state index in [9.17, 15) is 8.42 Å². The number of hydrogen-bond acceptors (Lipinski definition) is 5. The molecule has 9 heteroatoms. The van der Waals surface area contributed by atoms with Crippen LogP contribution in [0.2, 0.25) is 5.02 Å². The van der Waals surface area contributed by atoms with Crippen LogP contribution in [0, 0.1) is 5.92 Å². The lowest BCUT2D eigenvalue weighted by Gasteiger charge is -2.31. The van der Waals surface area contributed by atoms with Crippen LogP contribution in [0.5, 0.6) is 5.75 Å². The van der Waals surface area contributed by atoms with Crippen LogP contribution >= 0.6 is 24.0 Å². The van der Waals surface area contributed by atoms with Gasteiger partial charge >= 0.3 is 0 Å². The molecule has 25 heavy (non-hydrogen) atoms. The summed E-state index contributed by atoms with van der Waals surface area (Å²) in [6.07, 6.45) is 0.935. The van der Waals surface area contributed by atoms with E-state index in [1.54, 1.807) is 12.1 Å². The first-order valence-corrected chi connectivity index (χ1v) is 10.0.